The summed E-state index contributed by atoms with van der Waals surface area (Å²) < 4.78 is 8.47. The summed E-state index contributed by atoms with van der Waals surface area (Å²) in [4.78, 5) is 51.6. The summed E-state index contributed by atoms with van der Waals surface area (Å²) in [7, 11) is 0. The highest BCUT2D eigenvalue weighted by atomic mass is 16.6. The van der Waals surface area contributed by atoms with Crippen molar-refractivity contribution in [2.24, 2.45) is 0 Å². The predicted molar refractivity (Wildman–Crippen MR) is 68.9 cm³/mol. The number of ether oxygens (including phenoxy) is 2. The highest BCUT2D eigenvalue weighted by Crippen LogP contribution is 2.07. The third kappa shape index (κ3) is 10.9. The Kier molecular flexibility index (Phi) is 11.5. The monoisotopic (exact) mass is 356 g/mol. The molecule has 0 amide bonds. The third-order valence-electron chi connectivity index (χ3n) is 1.85. The van der Waals surface area contributed by atoms with Crippen molar-refractivity contribution >= 4 is 29.8 Å². The summed E-state index contributed by atoms with van der Waals surface area (Å²) in [5.41, 5.74) is 0. The van der Waals surface area contributed by atoms with E-state index in [1.807, 2.05) is 0 Å². The van der Waals surface area contributed by atoms with Crippen LogP contribution < -0.4 is 0 Å². The summed E-state index contributed by atoms with van der Waals surface area (Å²) in [5, 5.41) is 50.6. The van der Waals surface area contributed by atoms with E-state index in [9.17, 15) is 19.2 Å². The van der Waals surface area contributed by atoms with Crippen molar-refractivity contribution in [2.75, 3.05) is 13.2 Å². The van der Waals surface area contributed by atoms with Crippen LogP contribution in [0.15, 0.2) is 0 Å². The minimum atomic E-state index is -2.43. The van der Waals surface area contributed by atoms with Gasteiger partial charge in [0.2, 0.25) is 12.2 Å². The molecular formula is C11H16O13. The molecule has 0 aromatic rings. The minimum absolute atomic E-state index is 0.762. The molecule has 6 N–H and O–H groups in total. The van der Waals surface area contributed by atoms with Crippen LogP contribution in [0.2, 0.25) is 0 Å². The van der Waals surface area contributed by atoms with E-state index in [-0.39, 0.29) is 0 Å². The Morgan fingerprint density at radius 1 is 0.917 bits per heavy atom. The van der Waals surface area contributed by atoms with Gasteiger partial charge in [-0.1, -0.05) is 0 Å². The fourth-order valence-electron chi connectivity index (χ4n) is 0.963. The van der Waals surface area contributed by atoms with Crippen LogP contribution in [0.5, 0.6) is 0 Å². The molecule has 0 bridgehead atoms. The number of carboxylic acids is 4. The molecule has 138 valence electrons. The van der Waals surface area contributed by atoms with Crippen molar-refractivity contribution in [1.29, 1.82) is 0 Å². The highest BCUT2D eigenvalue weighted by Gasteiger charge is 2.39. The molecule has 0 saturated heterocycles. The van der Waals surface area contributed by atoms with Gasteiger partial charge in [0, 0.05) is 6.92 Å². The van der Waals surface area contributed by atoms with Gasteiger partial charge in [0.25, 0.3) is 5.97 Å². The number of hydrogen-bond donors (Lipinski definition) is 6. The first kappa shape index (κ1) is 23.5. The number of esters is 1. The zero-order valence-corrected chi connectivity index (χ0v) is 12.2. The summed E-state index contributed by atoms with van der Waals surface area (Å²) in [6.45, 7) is -0.457. The third-order valence-corrected chi connectivity index (χ3v) is 1.85. The molecule has 0 radical (unpaired) electrons. The summed E-state index contributed by atoms with van der Waals surface area (Å²) in [6.07, 6.45) is -6.17. The van der Waals surface area contributed by atoms with Crippen molar-refractivity contribution in [3.63, 3.8) is 0 Å². The van der Waals surface area contributed by atoms with E-state index in [1.54, 1.807) is 0 Å². The van der Waals surface area contributed by atoms with Crippen LogP contribution in [0.1, 0.15) is 6.92 Å². The number of rotatable bonds is 8. The molecule has 0 aliphatic rings. The van der Waals surface area contributed by atoms with Crippen LogP contribution in [-0.4, -0.2) is 92.0 Å². The molecule has 0 aromatic heterocycles. The van der Waals surface area contributed by atoms with Crippen LogP contribution in [0.25, 0.3) is 0 Å². The first-order valence-electron chi connectivity index (χ1n) is 5.93. The molecule has 13 heteroatoms. The zero-order valence-electron chi connectivity index (χ0n) is 12.2. The first-order valence-corrected chi connectivity index (χ1v) is 5.93. The topological polar surface area (TPSA) is 225 Å². The van der Waals surface area contributed by atoms with Gasteiger partial charge in [0.05, 0.1) is 13.2 Å². The van der Waals surface area contributed by atoms with Gasteiger partial charge in [-0.15, -0.1) is 0 Å². The molecule has 0 aliphatic heterocycles. The Bertz CT molecular complexity index is 467. The molecule has 24 heavy (non-hydrogen) atoms. The summed E-state index contributed by atoms with van der Waals surface area (Å²) in [5.74, 6) is -8.74. The maximum Gasteiger partial charge on any atom is 0.418 e. The molecule has 0 spiro atoms. The molecule has 0 heterocycles. The number of aliphatic hydroxyl groups is 2. The van der Waals surface area contributed by atoms with Crippen LogP contribution in [0.3, 0.4) is 0 Å². The van der Waals surface area contributed by atoms with E-state index in [1.165, 1.54) is 0 Å². The highest BCUT2D eigenvalue weighted by molar-refractivity contribution is 6.29. The van der Waals surface area contributed by atoms with E-state index >= 15 is 0 Å². The molecule has 0 fully saturated rings. The maximum absolute atomic E-state index is 10.8. The normalized spacial score (nSPS) is 13.5. The number of aliphatic carboxylic acids is 4. The Hall–Kier alpha value is -2.77. The fourth-order valence-corrected chi connectivity index (χ4v) is 0.963. The van der Waals surface area contributed by atoms with E-state index in [0.29, 0.717) is 0 Å². The van der Waals surface area contributed by atoms with Crippen LogP contribution in [0.4, 0.5) is 0 Å². The lowest BCUT2D eigenvalue weighted by molar-refractivity contribution is -0.189. The quantitative estimate of drug-likeness (QED) is 0.188. The Balaban J connectivity index is 0. The lowest BCUT2D eigenvalue weighted by Crippen LogP contribution is -2.46. The fraction of sp³-hybridized carbons (Fsp3) is 0.545. The van der Waals surface area contributed by atoms with Crippen molar-refractivity contribution in [3.8, 4) is 0 Å². The molecule has 3 unspecified atom stereocenters. The molecule has 0 aromatic carbocycles. The number of carbonyl (C=O) groups excluding carboxylic acids is 1. The zero-order chi connectivity index (χ0) is 19.4. The Labute approximate surface area is 133 Å². The smallest absolute Gasteiger partial charge is 0.418 e. The SMILES string of the molecule is CC(=O)O.O=C(O)C(=O)OC(C(=O)O)C(OCC(O)CO)C(=O)O. The predicted octanol–water partition coefficient (Wildman–Crippen LogP) is -3.02. The number of carboxylic acid groups (broad SMARTS) is 4. The van der Waals surface area contributed by atoms with E-state index in [4.69, 9.17) is 35.4 Å². The van der Waals surface area contributed by atoms with E-state index in [0.717, 1.165) is 6.92 Å². The van der Waals surface area contributed by atoms with Crippen LogP contribution in [0, 0.1) is 0 Å². The summed E-state index contributed by atoms with van der Waals surface area (Å²) >= 11 is 0. The largest absolute Gasteiger partial charge is 0.481 e. The van der Waals surface area contributed by atoms with Crippen LogP contribution in [-0.2, 0) is 33.4 Å². The van der Waals surface area contributed by atoms with Gasteiger partial charge < -0.3 is 40.1 Å². The molecule has 0 saturated carbocycles. The van der Waals surface area contributed by atoms with Crippen molar-refractivity contribution in [2.45, 2.75) is 25.2 Å². The number of hydrogen-bond acceptors (Lipinski definition) is 9. The van der Waals surface area contributed by atoms with Gasteiger partial charge in [-0.3, -0.25) is 4.79 Å². The van der Waals surface area contributed by atoms with Crippen LogP contribution >= 0.6 is 0 Å². The first-order chi connectivity index (χ1) is 10.9. The number of aliphatic hydroxyl groups excluding tert-OH is 2. The van der Waals surface area contributed by atoms with Crippen molar-refractivity contribution in [1.82, 2.24) is 0 Å². The second-order valence-electron chi connectivity index (χ2n) is 3.92. The molecular weight excluding hydrogens is 340 g/mol. The van der Waals surface area contributed by atoms with Gasteiger partial charge in [0.15, 0.2) is 0 Å². The van der Waals surface area contributed by atoms with E-state index in [2.05, 4.69) is 9.47 Å². The molecule has 3 atom stereocenters. The second-order valence-corrected chi connectivity index (χ2v) is 3.92. The minimum Gasteiger partial charge on any atom is -0.481 e. The maximum atomic E-state index is 10.8. The number of carbonyl (C=O) groups is 5. The Morgan fingerprint density at radius 3 is 1.62 bits per heavy atom. The van der Waals surface area contributed by atoms with Crippen molar-refractivity contribution < 1.29 is 64.1 Å². The molecule has 0 rings (SSSR count). The van der Waals surface area contributed by atoms with Gasteiger partial charge in [-0.05, 0) is 0 Å². The van der Waals surface area contributed by atoms with Crippen molar-refractivity contribution in [3.05, 3.63) is 0 Å². The van der Waals surface area contributed by atoms with Gasteiger partial charge in [0.1, 0.15) is 6.10 Å². The average molecular weight is 356 g/mol. The van der Waals surface area contributed by atoms with Gasteiger partial charge in [-0.2, -0.15) is 0 Å². The second kappa shape index (κ2) is 11.8. The lowest BCUT2D eigenvalue weighted by Gasteiger charge is -2.21. The molecule has 0 aliphatic carbocycles. The van der Waals surface area contributed by atoms with Gasteiger partial charge in [-0.25, -0.2) is 19.2 Å². The average Bonchev–Trinajstić information content (AvgIpc) is 2.44. The van der Waals surface area contributed by atoms with E-state index < -0.39 is 61.4 Å². The lowest BCUT2D eigenvalue weighted by atomic mass is 10.2. The molecule has 13 nitrogen and oxygen atoms in total. The summed E-state index contributed by atoms with van der Waals surface area (Å²) in [6, 6.07) is 0. The van der Waals surface area contributed by atoms with Gasteiger partial charge >= 0.3 is 23.9 Å². The Morgan fingerprint density at radius 2 is 1.33 bits per heavy atom. The standard InChI is InChI=1S/C9H12O11.C2H4O2/c10-1-3(11)2-19-4(6(12)13)5(7(14)15)20-9(18)8(16)17;1-2(3)4/h3-5,10-11H,1-2H2,(H,12,13)(H,14,15)(H,16,17);1H3,(H,3,4).